The Morgan fingerprint density at radius 2 is 1.80 bits per heavy atom. The van der Waals surface area contributed by atoms with Crippen molar-refractivity contribution in [3.05, 3.63) is 75.5 Å². The second-order valence-corrected chi connectivity index (χ2v) is 7.91. The minimum atomic E-state index is -0.375. The topological polar surface area (TPSA) is 81.0 Å². The van der Waals surface area contributed by atoms with Gasteiger partial charge < -0.3 is 15.2 Å². The van der Waals surface area contributed by atoms with E-state index in [0.717, 1.165) is 43.0 Å². The Balaban J connectivity index is 1.56. The molecule has 156 valence electrons. The molecule has 2 aromatic heterocycles. The third-order valence-electron chi connectivity index (χ3n) is 5.64. The lowest BCUT2D eigenvalue weighted by molar-refractivity contribution is 0.102. The Bertz CT molecular complexity index is 1120. The van der Waals surface area contributed by atoms with E-state index in [1.54, 1.807) is 11.5 Å². The Morgan fingerprint density at radius 3 is 2.43 bits per heavy atom. The summed E-state index contributed by atoms with van der Waals surface area (Å²) in [5, 5.41) is 10.7. The molecule has 1 fully saturated rings. The largest absolute Gasteiger partial charge is 0.322 e. The number of carbonyl (C=O) groups excluding carboxylic acids is 1. The number of amides is 1. The van der Waals surface area contributed by atoms with Gasteiger partial charge in [0, 0.05) is 23.6 Å². The molecule has 1 aliphatic heterocycles. The molecule has 0 atom stereocenters. The summed E-state index contributed by atoms with van der Waals surface area (Å²) in [4.78, 5) is 26.0. The Hall–Kier alpha value is -3.19. The van der Waals surface area contributed by atoms with Crippen LogP contribution in [-0.2, 0) is 0 Å². The van der Waals surface area contributed by atoms with Gasteiger partial charge in [-0.1, -0.05) is 0 Å². The highest BCUT2D eigenvalue weighted by Crippen LogP contribution is 2.19. The van der Waals surface area contributed by atoms with E-state index < -0.39 is 0 Å². The third kappa shape index (κ3) is 3.93. The fourth-order valence-corrected chi connectivity index (χ4v) is 4.06. The van der Waals surface area contributed by atoms with Crippen molar-refractivity contribution in [1.29, 1.82) is 0 Å². The van der Waals surface area contributed by atoms with Gasteiger partial charge in [0.05, 0.1) is 11.4 Å². The standard InChI is InChI=1S/C23H27N5O2/c1-15-10-13-27(19-8-11-24-12-9-19)23(30)21(15)22(29)25-18-4-6-20(7-5-18)28-17(3)14-16(2)26-28/h4-7,10,13-14,19,24H,8-9,11-12H2,1-3H3,(H,25,29). The Kier molecular flexibility index (Phi) is 5.55. The number of nitrogens with zero attached hydrogens (tertiary/aromatic N) is 3. The highest BCUT2D eigenvalue weighted by Gasteiger charge is 2.21. The normalized spacial score (nSPS) is 14.6. The van der Waals surface area contributed by atoms with Crippen LogP contribution in [-0.4, -0.2) is 33.3 Å². The monoisotopic (exact) mass is 405 g/mol. The fraction of sp³-hybridized carbons (Fsp3) is 0.348. The van der Waals surface area contributed by atoms with Gasteiger partial charge in [-0.05, 0) is 88.7 Å². The summed E-state index contributed by atoms with van der Waals surface area (Å²) in [7, 11) is 0. The number of aryl methyl sites for hydroxylation is 3. The Morgan fingerprint density at radius 1 is 1.10 bits per heavy atom. The molecular weight excluding hydrogens is 378 g/mol. The first-order valence-corrected chi connectivity index (χ1v) is 10.3. The highest BCUT2D eigenvalue weighted by molar-refractivity contribution is 6.05. The molecule has 0 aliphatic carbocycles. The zero-order chi connectivity index (χ0) is 21.3. The summed E-state index contributed by atoms with van der Waals surface area (Å²) in [5.74, 6) is -0.375. The van der Waals surface area contributed by atoms with Gasteiger partial charge in [0.15, 0.2) is 0 Å². The highest BCUT2D eigenvalue weighted by atomic mass is 16.2. The van der Waals surface area contributed by atoms with E-state index in [2.05, 4.69) is 15.7 Å². The number of benzene rings is 1. The van der Waals surface area contributed by atoms with Crippen molar-refractivity contribution in [2.45, 2.75) is 39.7 Å². The lowest BCUT2D eigenvalue weighted by atomic mass is 10.0. The van der Waals surface area contributed by atoms with E-state index in [1.165, 1.54) is 0 Å². The smallest absolute Gasteiger partial charge is 0.263 e. The predicted molar refractivity (Wildman–Crippen MR) is 118 cm³/mol. The molecule has 4 rings (SSSR count). The van der Waals surface area contributed by atoms with Crippen LogP contribution in [0.15, 0.2) is 47.4 Å². The molecule has 1 aromatic carbocycles. The molecule has 0 unspecified atom stereocenters. The van der Waals surface area contributed by atoms with Gasteiger partial charge >= 0.3 is 0 Å². The van der Waals surface area contributed by atoms with E-state index in [0.29, 0.717) is 11.3 Å². The van der Waals surface area contributed by atoms with Crippen molar-refractivity contribution in [2.24, 2.45) is 0 Å². The van der Waals surface area contributed by atoms with Gasteiger partial charge in [-0.25, -0.2) is 4.68 Å². The average Bonchev–Trinajstić information content (AvgIpc) is 3.07. The number of pyridine rings is 1. The van der Waals surface area contributed by atoms with Crippen LogP contribution in [0.25, 0.3) is 5.69 Å². The summed E-state index contributed by atoms with van der Waals surface area (Å²) in [6.07, 6.45) is 3.59. The lowest BCUT2D eigenvalue weighted by Gasteiger charge is -2.25. The zero-order valence-electron chi connectivity index (χ0n) is 17.6. The first-order chi connectivity index (χ1) is 14.4. The minimum Gasteiger partial charge on any atom is -0.322 e. The number of hydrogen-bond acceptors (Lipinski definition) is 4. The zero-order valence-corrected chi connectivity index (χ0v) is 17.6. The fourth-order valence-electron chi connectivity index (χ4n) is 4.06. The molecule has 7 heteroatoms. The first-order valence-electron chi connectivity index (χ1n) is 10.3. The molecule has 3 heterocycles. The molecule has 7 nitrogen and oxygen atoms in total. The first kappa shape index (κ1) is 20.1. The quantitative estimate of drug-likeness (QED) is 0.699. The number of anilines is 1. The van der Waals surface area contributed by atoms with Crippen molar-refractivity contribution >= 4 is 11.6 Å². The molecule has 0 saturated carbocycles. The van der Waals surface area contributed by atoms with Crippen LogP contribution in [0.5, 0.6) is 0 Å². The summed E-state index contributed by atoms with van der Waals surface area (Å²) in [6.45, 7) is 7.52. The van der Waals surface area contributed by atoms with Gasteiger partial charge in [0.1, 0.15) is 5.56 Å². The second-order valence-electron chi connectivity index (χ2n) is 7.91. The van der Waals surface area contributed by atoms with Crippen LogP contribution in [0.1, 0.15) is 46.2 Å². The van der Waals surface area contributed by atoms with E-state index in [9.17, 15) is 9.59 Å². The van der Waals surface area contributed by atoms with E-state index in [4.69, 9.17) is 0 Å². The summed E-state index contributed by atoms with van der Waals surface area (Å²) >= 11 is 0. The van der Waals surface area contributed by atoms with Crippen LogP contribution in [0.4, 0.5) is 5.69 Å². The molecule has 1 saturated heterocycles. The maximum atomic E-state index is 13.1. The number of carbonyl (C=O) groups is 1. The number of rotatable bonds is 4. The summed E-state index contributed by atoms with van der Waals surface area (Å²) < 4.78 is 3.58. The van der Waals surface area contributed by atoms with Crippen LogP contribution < -0.4 is 16.2 Å². The molecular formula is C23H27N5O2. The SMILES string of the molecule is Cc1cc(C)n(-c2ccc(NC(=O)c3c(C)ccn(C4CCNCC4)c3=O)cc2)n1. The maximum absolute atomic E-state index is 13.1. The lowest BCUT2D eigenvalue weighted by Crippen LogP contribution is -2.37. The van der Waals surface area contributed by atoms with E-state index >= 15 is 0 Å². The molecule has 30 heavy (non-hydrogen) atoms. The molecule has 2 N–H and O–H groups in total. The van der Waals surface area contributed by atoms with Gasteiger partial charge in [0.2, 0.25) is 0 Å². The third-order valence-corrected chi connectivity index (χ3v) is 5.64. The van der Waals surface area contributed by atoms with Gasteiger partial charge in [0.25, 0.3) is 11.5 Å². The van der Waals surface area contributed by atoms with Gasteiger partial charge in [-0.3, -0.25) is 9.59 Å². The minimum absolute atomic E-state index is 0.131. The summed E-state index contributed by atoms with van der Waals surface area (Å²) in [5.41, 5.74) is 4.22. The maximum Gasteiger partial charge on any atom is 0.263 e. The van der Waals surface area contributed by atoms with Crippen molar-refractivity contribution in [3.8, 4) is 5.69 Å². The van der Waals surface area contributed by atoms with Crippen LogP contribution in [0, 0.1) is 20.8 Å². The van der Waals surface area contributed by atoms with Crippen LogP contribution in [0.3, 0.4) is 0 Å². The van der Waals surface area contributed by atoms with Gasteiger partial charge in [-0.15, -0.1) is 0 Å². The molecule has 3 aromatic rings. The van der Waals surface area contributed by atoms with Crippen molar-refractivity contribution in [2.75, 3.05) is 18.4 Å². The van der Waals surface area contributed by atoms with E-state index in [1.807, 2.05) is 61.1 Å². The van der Waals surface area contributed by atoms with Crippen LogP contribution in [0.2, 0.25) is 0 Å². The average molecular weight is 406 g/mol. The number of nitrogens with one attached hydrogen (secondary N) is 2. The number of hydrogen-bond donors (Lipinski definition) is 2. The Labute approximate surface area is 175 Å². The predicted octanol–water partition coefficient (Wildman–Crippen LogP) is 3.14. The van der Waals surface area contributed by atoms with Gasteiger partial charge in [-0.2, -0.15) is 5.10 Å². The van der Waals surface area contributed by atoms with Crippen molar-refractivity contribution < 1.29 is 4.79 Å². The molecule has 1 amide bonds. The molecule has 1 aliphatic rings. The van der Waals surface area contributed by atoms with Crippen molar-refractivity contribution in [3.63, 3.8) is 0 Å². The second kappa shape index (κ2) is 8.28. The molecule has 0 spiro atoms. The molecule has 0 bridgehead atoms. The van der Waals surface area contributed by atoms with Crippen LogP contribution >= 0.6 is 0 Å². The van der Waals surface area contributed by atoms with E-state index in [-0.39, 0.29) is 23.1 Å². The summed E-state index contributed by atoms with van der Waals surface area (Å²) in [6, 6.07) is 11.5. The number of piperidine rings is 1. The van der Waals surface area contributed by atoms with Crippen molar-refractivity contribution in [1.82, 2.24) is 19.7 Å². The molecule has 0 radical (unpaired) electrons. The number of aromatic nitrogens is 3.